The monoisotopic (exact) mass is 369 g/mol. The number of anilines is 1. The lowest BCUT2D eigenvalue weighted by Gasteiger charge is -2.31. The van der Waals surface area contributed by atoms with Crippen molar-refractivity contribution in [2.24, 2.45) is 0 Å². The summed E-state index contributed by atoms with van der Waals surface area (Å²) in [6.07, 6.45) is 9.86. The summed E-state index contributed by atoms with van der Waals surface area (Å²) in [7, 11) is 0. The van der Waals surface area contributed by atoms with E-state index in [1.807, 2.05) is 42.7 Å². The second-order valence-electron chi connectivity index (χ2n) is 6.76. The van der Waals surface area contributed by atoms with Crippen molar-refractivity contribution in [3.63, 3.8) is 0 Å². The van der Waals surface area contributed by atoms with Gasteiger partial charge in [0.1, 0.15) is 0 Å². The van der Waals surface area contributed by atoms with Crippen LogP contribution in [0.4, 0.5) is 5.69 Å². The molecule has 0 atom stereocenters. The normalized spacial score (nSPS) is 16.3. The average molecular weight is 369 g/mol. The molecule has 0 amide bonds. The van der Waals surface area contributed by atoms with Crippen LogP contribution >= 0.6 is 12.2 Å². The predicted molar refractivity (Wildman–Crippen MR) is 106 cm³/mol. The van der Waals surface area contributed by atoms with Crippen molar-refractivity contribution in [2.45, 2.75) is 44.7 Å². The molecule has 2 aliphatic rings. The van der Waals surface area contributed by atoms with E-state index in [0.717, 1.165) is 27.9 Å². The second kappa shape index (κ2) is 7.91. The fraction of sp³-hybridized carbons (Fsp3) is 0.400. The van der Waals surface area contributed by atoms with Gasteiger partial charge in [-0.3, -0.25) is 4.98 Å². The Balaban J connectivity index is 1.57. The first-order chi connectivity index (χ1) is 12.8. The van der Waals surface area contributed by atoms with Crippen LogP contribution in [0.2, 0.25) is 0 Å². The molecule has 26 heavy (non-hydrogen) atoms. The third-order valence-corrected chi connectivity index (χ3v) is 5.27. The van der Waals surface area contributed by atoms with Gasteiger partial charge in [-0.05, 0) is 54.9 Å². The highest BCUT2D eigenvalue weighted by molar-refractivity contribution is 7.80. The molecule has 136 valence electrons. The first-order valence-corrected chi connectivity index (χ1v) is 9.57. The fourth-order valence-electron chi connectivity index (χ4n) is 3.50. The number of hydrogen-bond acceptors (Lipinski definition) is 4. The number of hydrogen-bond donors (Lipinski definition) is 1. The van der Waals surface area contributed by atoms with E-state index in [-0.39, 0.29) is 6.79 Å². The lowest BCUT2D eigenvalue weighted by molar-refractivity contribution is 0.174. The summed E-state index contributed by atoms with van der Waals surface area (Å²) < 4.78 is 11.0. The molecule has 5 nitrogen and oxygen atoms in total. The molecular weight excluding hydrogens is 346 g/mol. The minimum Gasteiger partial charge on any atom is -0.454 e. The smallest absolute Gasteiger partial charge is 0.231 e. The van der Waals surface area contributed by atoms with Gasteiger partial charge in [0.05, 0.1) is 6.54 Å². The topological polar surface area (TPSA) is 46.6 Å². The molecule has 0 radical (unpaired) electrons. The number of nitrogens with one attached hydrogen (secondary N) is 1. The molecule has 0 unspecified atom stereocenters. The van der Waals surface area contributed by atoms with Gasteiger partial charge in [0.2, 0.25) is 6.79 Å². The number of pyridine rings is 1. The minimum absolute atomic E-state index is 0.272. The molecule has 4 rings (SSSR count). The maximum Gasteiger partial charge on any atom is 0.231 e. The van der Waals surface area contributed by atoms with Crippen molar-refractivity contribution >= 4 is 23.0 Å². The Kier molecular flexibility index (Phi) is 5.20. The number of ether oxygens (including phenoxy) is 2. The Morgan fingerprint density at radius 2 is 1.85 bits per heavy atom. The van der Waals surface area contributed by atoms with Crippen molar-refractivity contribution in [1.82, 2.24) is 10.3 Å². The van der Waals surface area contributed by atoms with Gasteiger partial charge in [0, 0.05) is 30.2 Å². The largest absolute Gasteiger partial charge is 0.454 e. The number of nitrogens with zero attached hydrogens (tertiary/aromatic N) is 2. The SMILES string of the molecule is S=C(NC1CCCCC1)N(Cc1ccncc1)c1ccc2c(c1)OCO2. The molecule has 1 N–H and O–H groups in total. The van der Waals surface area contributed by atoms with Crippen molar-refractivity contribution in [3.8, 4) is 11.5 Å². The van der Waals surface area contributed by atoms with Crippen molar-refractivity contribution < 1.29 is 9.47 Å². The molecule has 2 heterocycles. The molecule has 1 fully saturated rings. The van der Waals surface area contributed by atoms with Crippen molar-refractivity contribution in [2.75, 3.05) is 11.7 Å². The number of rotatable bonds is 4. The minimum atomic E-state index is 0.272. The van der Waals surface area contributed by atoms with E-state index < -0.39 is 0 Å². The molecule has 1 saturated carbocycles. The maximum atomic E-state index is 5.79. The van der Waals surface area contributed by atoms with Gasteiger partial charge < -0.3 is 19.7 Å². The summed E-state index contributed by atoms with van der Waals surface area (Å²) in [4.78, 5) is 6.23. The molecule has 0 saturated heterocycles. The summed E-state index contributed by atoms with van der Waals surface area (Å²) >= 11 is 5.79. The molecule has 0 spiro atoms. The van der Waals surface area contributed by atoms with Crippen LogP contribution in [0.25, 0.3) is 0 Å². The van der Waals surface area contributed by atoms with Crippen LogP contribution in [0.3, 0.4) is 0 Å². The number of fused-ring (bicyclic) bond motifs is 1. The van der Waals surface area contributed by atoms with E-state index in [1.165, 1.54) is 32.1 Å². The Labute approximate surface area is 159 Å². The highest BCUT2D eigenvalue weighted by Gasteiger charge is 2.21. The van der Waals surface area contributed by atoms with Gasteiger partial charge in [-0.2, -0.15) is 0 Å². The van der Waals surface area contributed by atoms with Crippen LogP contribution < -0.4 is 19.7 Å². The summed E-state index contributed by atoms with van der Waals surface area (Å²) in [5.41, 5.74) is 2.16. The summed E-state index contributed by atoms with van der Waals surface area (Å²) in [6, 6.07) is 10.5. The first-order valence-electron chi connectivity index (χ1n) is 9.16. The molecule has 1 aliphatic heterocycles. The average Bonchev–Trinajstić information content (AvgIpc) is 3.15. The Hall–Kier alpha value is -2.34. The molecule has 0 bridgehead atoms. The van der Waals surface area contributed by atoms with E-state index in [4.69, 9.17) is 21.7 Å². The summed E-state index contributed by atoms with van der Waals surface area (Å²) in [6.45, 7) is 0.953. The molecule has 2 aromatic rings. The van der Waals surface area contributed by atoms with Crippen LogP contribution in [0.5, 0.6) is 11.5 Å². The first kappa shape index (κ1) is 17.1. The van der Waals surface area contributed by atoms with Crippen LogP contribution in [0.15, 0.2) is 42.7 Å². The van der Waals surface area contributed by atoms with Crippen LogP contribution in [0, 0.1) is 0 Å². The van der Waals surface area contributed by atoms with Gasteiger partial charge in [0.25, 0.3) is 0 Å². The zero-order chi connectivity index (χ0) is 17.8. The van der Waals surface area contributed by atoms with Gasteiger partial charge in [-0.25, -0.2) is 0 Å². The quantitative estimate of drug-likeness (QED) is 0.821. The van der Waals surface area contributed by atoms with Gasteiger partial charge in [0.15, 0.2) is 16.6 Å². The van der Waals surface area contributed by atoms with E-state index in [9.17, 15) is 0 Å². The predicted octanol–water partition coefficient (Wildman–Crippen LogP) is 4.02. The standard InChI is InChI=1S/C20H23N3O2S/c26-20(22-16-4-2-1-3-5-16)23(13-15-8-10-21-11-9-15)17-6-7-18-19(12-17)25-14-24-18/h6-12,16H,1-5,13-14H2,(H,22,26). The van der Waals surface area contributed by atoms with Gasteiger partial charge >= 0.3 is 0 Å². The zero-order valence-electron chi connectivity index (χ0n) is 14.7. The van der Waals surface area contributed by atoms with Crippen LogP contribution in [0.1, 0.15) is 37.7 Å². The summed E-state index contributed by atoms with van der Waals surface area (Å²) in [5, 5.41) is 4.33. The fourth-order valence-corrected chi connectivity index (χ4v) is 3.84. The van der Waals surface area contributed by atoms with E-state index in [0.29, 0.717) is 12.6 Å². The Bertz CT molecular complexity index is 763. The van der Waals surface area contributed by atoms with E-state index in [2.05, 4.69) is 15.2 Å². The van der Waals surface area contributed by atoms with Gasteiger partial charge in [-0.15, -0.1) is 0 Å². The molecular formula is C20H23N3O2S. The third kappa shape index (κ3) is 3.90. The third-order valence-electron chi connectivity index (χ3n) is 4.94. The van der Waals surface area contributed by atoms with Crippen LogP contribution in [-0.4, -0.2) is 22.9 Å². The molecule has 1 aromatic heterocycles. The van der Waals surface area contributed by atoms with Crippen LogP contribution in [-0.2, 0) is 6.54 Å². The summed E-state index contributed by atoms with van der Waals surface area (Å²) in [5.74, 6) is 1.55. The number of benzene rings is 1. The highest BCUT2D eigenvalue weighted by atomic mass is 32.1. The lowest BCUT2D eigenvalue weighted by Crippen LogP contribution is -2.45. The molecule has 6 heteroatoms. The van der Waals surface area contributed by atoms with Crippen molar-refractivity contribution in [3.05, 3.63) is 48.3 Å². The highest BCUT2D eigenvalue weighted by Crippen LogP contribution is 2.36. The molecule has 1 aliphatic carbocycles. The van der Waals surface area contributed by atoms with Gasteiger partial charge in [-0.1, -0.05) is 19.3 Å². The van der Waals surface area contributed by atoms with E-state index in [1.54, 1.807) is 0 Å². The zero-order valence-corrected chi connectivity index (χ0v) is 15.5. The van der Waals surface area contributed by atoms with Crippen molar-refractivity contribution in [1.29, 1.82) is 0 Å². The number of thiocarbonyl (C=S) groups is 1. The maximum absolute atomic E-state index is 5.79. The lowest BCUT2D eigenvalue weighted by atomic mass is 9.96. The second-order valence-corrected chi connectivity index (χ2v) is 7.15. The number of aromatic nitrogens is 1. The molecule has 1 aromatic carbocycles. The Morgan fingerprint density at radius 1 is 1.08 bits per heavy atom. The Morgan fingerprint density at radius 3 is 2.65 bits per heavy atom. The van der Waals surface area contributed by atoms with E-state index >= 15 is 0 Å².